The van der Waals surface area contributed by atoms with Gasteiger partial charge in [0.2, 0.25) is 11.8 Å². The van der Waals surface area contributed by atoms with E-state index < -0.39 is 12.1 Å². The quantitative estimate of drug-likeness (QED) is 0.597. The third-order valence-electron chi connectivity index (χ3n) is 5.16. The second-order valence-corrected chi connectivity index (χ2v) is 6.94. The molecule has 2 N–H and O–H groups in total. The highest BCUT2D eigenvalue weighted by Crippen LogP contribution is 2.25. The number of hydrogen-bond acceptors (Lipinski definition) is 5. The first-order chi connectivity index (χ1) is 13.5. The predicted octanol–water partition coefficient (Wildman–Crippen LogP) is 2.36. The molecule has 7 nitrogen and oxygen atoms in total. The smallest absolute Gasteiger partial charge is 0.249 e. The van der Waals surface area contributed by atoms with Crippen molar-refractivity contribution in [3.63, 3.8) is 0 Å². The van der Waals surface area contributed by atoms with Gasteiger partial charge in [-0.1, -0.05) is 26.0 Å². The first-order valence-corrected chi connectivity index (χ1v) is 10.1. The van der Waals surface area contributed by atoms with E-state index in [1.165, 1.54) is 0 Å². The van der Waals surface area contributed by atoms with E-state index in [9.17, 15) is 14.7 Å². The molecule has 0 radical (unpaired) electrons. The Labute approximate surface area is 167 Å². The maximum absolute atomic E-state index is 12.2. The van der Waals surface area contributed by atoms with Crippen molar-refractivity contribution in [2.24, 2.45) is 5.92 Å². The summed E-state index contributed by atoms with van der Waals surface area (Å²) in [5, 5.41) is 13.7. The molecule has 1 heterocycles. The summed E-state index contributed by atoms with van der Waals surface area (Å²) in [6.45, 7) is 7.61. The van der Waals surface area contributed by atoms with Crippen molar-refractivity contribution in [2.45, 2.75) is 45.8 Å². The van der Waals surface area contributed by atoms with Crippen LogP contribution in [0.5, 0.6) is 0 Å². The van der Waals surface area contributed by atoms with Gasteiger partial charge in [-0.25, -0.2) is 0 Å². The fraction of sp³-hybridized carbons (Fsp3) is 0.619. The first kappa shape index (κ1) is 22.3. The van der Waals surface area contributed by atoms with E-state index in [2.05, 4.69) is 5.32 Å². The lowest BCUT2D eigenvalue weighted by molar-refractivity contribution is -0.155. The number of amides is 2. The summed E-state index contributed by atoms with van der Waals surface area (Å²) in [5.74, 6) is -0.148. The van der Waals surface area contributed by atoms with Crippen molar-refractivity contribution < 1.29 is 24.2 Å². The second kappa shape index (κ2) is 11.1. The number of nitrogens with zero attached hydrogens (tertiary/aromatic N) is 1. The molecule has 7 heteroatoms. The van der Waals surface area contributed by atoms with Crippen LogP contribution in [0.15, 0.2) is 24.3 Å². The topological polar surface area (TPSA) is 88.1 Å². The van der Waals surface area contributed by atoms with Gasteiger partial charge in [0.25, 0.3) is 0 Å². The molecule has 0 bridgehead atoms. The number of nitrogens with one attached hydrogen (secondary N) is 1. The molecule has 1 saturated heterocycles. The van der Waals surface area contributed by atoms with Gasteiger partial charge in [0.15, 0.2) is 0 Å². The Hall–Kier alpha value is -1.96. The summed E-state index contributed by atoms with van der Waals surface area (Å²) in [6, 6.07) is 6.62. The number of carbonyl (C=O) groups is 2. The van der Waals surface area contributed by atoms with Gasteiger partial charge < -0.3 is 24.8 Å². The first-order valence-electron chi connectivity index (χ1n) is 10.1. The van der Waals surface area contributed by atoms with Crippen LogP contribution in [0.2, 0.25) is 0 Å². The molecular formula is C21H32N2O5. The van der Waals surface area contributed by atoms with Crippen LogP contribution in [0.3, 0.4) is 0 Å². The summed E-state index contributed by atoms with van der Waals surface area (Å²) < 4.78 is 10.7. The molecule has 2 amide bonds. The third-order valence-corrected chi connectivity index (χ3v) is 5.16. The average Bonchev–Trinajstić information content (AvgIpc) is 2.70. The van der Waals surface area contributed by atoms with Gasteiger partial charge in [-0.05, 0) is 37.5 Å². The summed E-state index contributed by atoms with van der Waals surface area (Å²) in [5.41, 5.74) is 1.36. The number of benzene rings is 1. The molecule has 1 aliphatic heterocycles. The highest BCUT2D eigenvalue weighted by Gasteiger charge is 2.34. The van der Waals surface area contributed by atoms with E-state index in [-0.39, 0.29) is 30.9 Å². The van der Waals surface area contributed by atoms with E-state index in [0.29, 0.717) is 31.0 Å². The van der Waals surface area contributed by atoms with E-state index in [0.717, 1.165) is 12.8 Å². The Morgan fingerprint density at radius 1 is 1.29 bits per heavy atom. The zero-order valence-electron chi connectivity index (χ0n) is 17.0. The number of rotatable bonds is 10. The average molecular weight is 392 g/mol. The van der Waals surface area contributed by atoms with Gasteiger partial charge in [0.1, 0.15) is 12.7 Å². The van der Waals surface area contributed by atoms with Gasteiger partial charge in [0.05, 0.1) is 19.3 Å². The Bertz CT molecular complexity index is 630. The van der Waals surface area contributed by atoms with Crippen LogP contribution in [0.25, 0.3) is 0 Å². The van der Waals surface area contributed by atoms with Crippen LogP contribution in [0.1, 0.15) is 45.3 Å². The molecule has 2 atom stereocenters. The Balaban J connectivity index is 2.04. The van der Waals surface area contributed by atoms with Crippen LogP contribution in [-0.4, -0.2) is 60.8 Å². The number of carbonyl (C=O) groups excluding carboxylic acids is 2. The fourth-order valence-electron chi connectivity index (χ4n) is 3.37. The minimum absolute atomic E-state index is 0.00503. The van der Waals surface area contributed by atoms with E-state index in [4.69, 9.17) is 9.47 Å². The van der Waals surface area contributed by atoms with Crippen LogP contribution in [0, 0.1) is 5.92 Å². The summed E-state index contributed by atoms with van der Waals surface area (Å²) in [7, 11) is 0. The van der Waals surface area contributed by atoms with Crippen molar-refractivity contribution in [1.82, 2.24) is 4.90 Å². The second-order valence-electron chi connectivity index (χ2n) is 6.94. The monoisotopic (exact) mass is 392 g/mol. The molecular weight excluding hydrogens is 360 g/mol. The van der Waals surface area contributed by atoms with Crippen LogP contribution < -0.4 is 5.32 Å². The number of ether oxygens (including phenoxy) is 2. The van der Waals surface area contributed by atoms with Crippen LogP contribution in [0.4, 0.5) is 5.69 Å². The zero-order chi connectivity index (χ0) is 20.5. The number of aliphatic hydroxyl groups is 1. The minimum Gasteiger partial charge on any atom is -0.386 e. The lowest BCUT2D eigenvalue weighted by Crippen LogP contribution is -2.53. The Morgan fingerprint density at radius 3 is 2.57 bits per heavy atom. The molecule has 1 fully saturated rings. The SMILES string of the molecule is CCOCCN1C(=O)COCC1C(O)c1ccc(NC(=O)C(CC)CC)cc1. The van der Waals surface area contributed by atoms with E-state index >= 15 is 0 Å². The van der Waals surface area contributed by atoms with E-state index in [1.54, 1.807) is 29.2 Å². The molecule has 1 aromatic carbocycles. The molecule has 0 aromatic heterocycles. The lowest BCUT2D eigenvalue weighted by atomic mass is 9.99. The molecule has 0 saturated carbocycles. The minimum atomic E-state index is -0.880. The maximum atomic E-state index is 12.2. The maximum Gasteiger partial charge on any atom is 0.249 e. The highest BCUT2D eigenvalue weighted by molar-refractivity contribution is 5.92. The van der Waals surface area contributed by atoms with Gasteiger partial charge in [-0.2, -0.15) is 0 Å². The molecule has 2 rings (SSSR count). The third kappa shape index (κ3) is 5.77. The molecule has 28 heavy (non-hydrogen) atoms. The van der Waals surface area contributed by atoms with Gasteiger partial charge in [-0.3, -0.25) is 9.59 Å². The molecule has 1 aliphatic rings. The largest absolute Gasteiger partial charge is 0.386 e. The van der Waals surface area contributed by atoms with Crippen molar-refractivity contribution in [3.05, 3.63) is 29.8 Å². The van der Waals surface area contributed by atoms with Crippen molar-refractivity contribution in [3.8, 4) is 0 Å². The highest BCUT2D eigenvalue weighted by atomic mass is 16.5. The molecule has 156 valence electrons. The Kier molecular flexibility index (Phi) is 8.89. The van der Waals surface area contributed by atoms with Crippen LogP contribution in [-0.2, 0) is 19.1 Å². The number of anilines is 1. The summed E-state index contributed by atoms with van der Waals surface area (Å²) in [6.07, 6.45) is 0.716. The lowest BCUT2D eigenvalue weighted by Gasteiger charge is -2.38. The summed E-state index contributed by atoms with van der Waals surface area (Å²) in [4.78, 5) is 26.1. The molecule has 0 spiro atoms. The van der Waals surface area contributed by atoms with Crippen LogP contribution >= 0.6 is 0 Å². The van der Waals surface area contributed by atoms with E-state index in [1.807, 2.05) is 20.8 Å². The predicted molar refractivity (Wildman–Crippen MR) is 107 cm³/mol. The standard InChI is InChI=1S/C21H32N2O5/c1-4-15(5-2)21(26)22-17-9-7-16(8-10-17)20(25)18-13-28-14-19(24)23(18)11-12-27-6-3/h7-10,15,18,20,25H,4-6,11-14H2,1-3H3,(H,22,26). The van der Waals surface area contributed by atoms with Gasteiger partial charge >= 0.3 is 0 Å². The number of aliphatic hydroxyl groups excluding tert-OH is 1. The molecule has 0 aliphatic carbocycles. The summed E-state index contributed by atoms with van der Waals surface area (Å²) >= 11 is 0. The fourth-order valence-corrected chi connectivity index (χ4v) is 3.37. The number of hydrogen-bond donors (Lipinski definition) is 2. The van der Waals surface area contributed by atoms with Crippen molar-refractivity contribution >= 4 is 17.5 Å². The zero-order valence-corrected chi connectivity index (χ0v) is 17.0. The van der Waals surface area contributed by atoms with Crippen molar-refractivity contribution in [2.75, 3.05) is 38.3 Å². The van der Waals surface area contributed by atoms with Gasteiger partial charge in [-0.15, -0.1) is 0 Å². The molecule has 1 aromatic rings. The normalized spacial score (nSPS) is 18.4. The van der Waals surface area contributed by atoms with Gasteiger partial charge in [0, 0.05) is 24.8 Å². The Morgan fingerprint density at radius 2 is 1.96 bits per heavy atom. The molecule has 2 unspecified atom stereocenters. The number of morpholine rings is 1. The van der Waals surface area contributed by atoms with Crippen molar-refractivity contribution in [1.29, 1.82) is 0 Å².